The fraction of sp³-hybridized carbons (Fsp3) is 0.357. The second kappa shape index (κ2) is 11.7. The lowest BCUT2D eigenvalue weighted by molar-refractivity contribution is 0.0950. The highest BCUT2D eigenvalue weighted by Crippen LogP contribution is 2.19. The van der Waals surface area contributed by atoms with Gasteiger partial charge < -0.3 is 10.2 Å². The van der Waals surface area contributed by atoms with E-state index in [1.165, 1.54) is 12.1 Å². The number of nitrogens with one attached hydrogen (secondary N) is 1. The first-order valence-electron chi connectivity index (χ1n) is 12.4. The van der Waals surface area contributed by atoms with E-state index in [-0.39, 0.29) is 11.7 Å². The largest absolute Gasteiger partial charge is 0.371 e. The van der Waals surface area contributed by atoms with Gasteiger partial charge in [-0.1, -0.05) is 36.8 Å². The monoisotopic (exact) mass is 509 g/mol. The lowest BCUT2D eigenvalue weighted by Crippen LogP contribution is -2.38. The molecule has 1 aliphatic carbocycles. The third kappa shape index (κ3) is 5.97. The predicted octanol–water partition coefficient (Wildman–Crippen LogP) is 5.13. The number of imidazole rings is 1. The topological polar surface area (TPSA) is 52.9 Å². The molecule has 1 atom stereocenters. The SMILES string of the molecule is CCc1nc2ccc(Cl)cn2c1C(=O)NCC1=CCC(N(C)CCN(CC)c2ccc(F)cc2)C=C1. The molecule has 1 N–H and O–H groups in total. The highest BCUT2D eigenvalue weighted by atomic mass is 35.5. The van der Waals surface area contributed by atoms with Crippen molar-refractivity contribution in [3.05, 3.63) is 88.6 Å². The van der Waals surface area contributed by atoms with E-state index in [4.69, 9.17) is 11.6 Å². The maximum Gasteiger partial charge on any atom is 0.270 e. The molecule has 36 heavy (non-hydrogen) atoms. The molecular weight excluding hydrogens is 477 g/mol. The number of rotatable bonds is 10. The quantitative estimate of drug-likeness (QED) is 0.411. The van der Waals surface area contributed by atoms with E-state index in [2.05, 4.69) is 52.3 Å². The highest BCUT2D eigenvalue weighted by molar-refractivity contribution is 6.30. The summed E-state index contributed by atoms with van der Waals surface area (Å²) in [6.07, 6.45) is 9.75. The molecule has 0 bridgehead atoms. The van der Waals surface area contributed by atoms with Crippen molar-refractivity contribution in [1.82, 2.24) is 19.6 Å². The zero-order valence-electron chi connectivity index (χ0n) is 21.0. The van der Waals surface area contributed by atoms with Gasteiger partial charge in [-0.05, 0) is 68.8 Å². The number of anilines is 1. The van der Waals surface area contributed by atoms with E-state index in [1.54, 1.807) is 16.7 Å². The van der Waals surface area contributed by atoms with Gasteiger partial charge in [0.25, 0.3) is 5.91 Å². The Hall–Kier alpha value is -3.16. The highest BCUT2D eigenvalue weighted by Gasteiger charge is 2.19. The van der Waals surface area contributed by atoms with Gasteiger partial charge in [-0.2, -0.15) is 0 Å². The number of aromatic nitrogens is 2. The summed E-state index contributed by atoms with van der Waals surface area (Å²) in [4.78, 5) is 22.2. The van der Waals surface area contributed by atoms with Crippen LogP contribution in [0, 0.1) is 5.82 Å². The summed E-state index contributed by atoms with van der Waals surface area (Å²) in [5.74, 6) is -0.373. The number of nitrogens with zero attached hydrogens (tertiary/aromatic N) is 4. The average Bonchev–Trinajstić information content (AvgIpc) is 3.26. The van der Waals surface area contributed by atoms with Crippen molar-refractivity contribution < 1.29 is 9.18 Å². The first-order valence-corrected chi connectivity index (χ1v) is 12.8. The van der Waals surface area contributed by atoms with E-state index in [9.17, 15) is 9.18 Å². The van der Waals surface area contributed by atoms with E-state index in [0.29, 0.717) is 35.4 Å². The van der Waals surface area contributed by atoms with Gasteiger partial charge in [-0.3, -0.25) is 14.1 Å². The summed E-state index contributed by atoms with van der Waals surface area (Å²) in [5, 5.41) is 3.61. The lowest BCUT2D eigenvalue weighted by atomic mass is 10.0. The van der Waals surface area contributed by atoms with Crippen molar-refractivity contribution in [2.75, 3.05) is 38.1 Å². The third-order valence-electron chi connectivity index (χ3n) is 6.67. The van der Waals surface area contributed by atoms with Crippen molar-refractivity contribution >= 4 is 28.8 Å². The van der Waals surface area contributed by atoms with Gasteiger partial charge in [0.15, 0.2) is 0 Å². The fourth-order valence-electron chi connectivity index (χ4n) is 4.50. The Morgan fingerprint density at radius 2 is 1.97 bits per heavy atom. The molecule has 0 saturated carbocycles. The van der Waals surface area contributed by atoms with E-state index >= 15 is 0 Å². The molecule has 1 aliphatic rings. The number of fused-ring (bicyclic) bond motifs is 1. The van der Waals surface area contributed by atoms with Crippen molar-refractivity contribution in [3.8, 4) is 0 Å². The van der Waals surface area contributed by atoms with Crippen LogP contribution in [0.25, 0.3) is 5.65 Å². The van der Waals surface area contributed by atoms with Gasteiger partial charge in [0, 0.05) is 44.1 Å². The van der Waals surface area contributed by atoms with Gasteiger partial charge in [-0.25, -0.2) is 9.37 Å². The summed E-state index contributed by atoms with van der Waals surface area (Å²) >= 11 is 6.15. The van der Waals surface area contributed by atoms with E-state index in [1.807, 2.05) is 25.1 Å². The van der Waals surface area contributed by atoms with Crippen LogP contribution in [0.1, 0.15) is 36.5 Å². The number of amides is 1. The molecule has 6 nitrogen and oxygen atoms in total. The average molecular weight is 510 g/mol. The lowest BCUT2D eigenvalue weighted by Gasteiger charge is -2.30. The zero-order valence-corrected chi connectivity index (χ0v) is 21.8. The van der Waals surface area contributed by atoms with Gasteiger partial charge in [-0.15, -0.1) is 0 Å². The summed E-state index contributed by atoms with van der Waals surface area (Å²) in [6, 6.07) is 10.6. The number of carbonyl (C=O) groups excluding carboxylic acids is 1. The van der Waals surface area contributed by atoms with Crippen LogP contribution in [0.3, 0.4) is 0 Å². The Morgan fingerprint density at radius 3 is 2.64 bits per heavy atom. The second-order valence-electron chi connectivity index (χ2n) is 9.00. The molecule has 0 spiro atoms. The Morgan fingerprint density at radius 1 is 1.19 bits per heavy atom. The fourth-order valence-corrected chi connectivity index (χ4v) is 4.66. The van der Waals surface area contributed by atoms with Crippen LogP contribution in [0.5, 0.6) is 0 Å². The van der Waals surface area contributed by atoms with Crippen LogP contribution >= 0.6 is 11.6 Å². The van der Waals surface area contributed by atoms with Gasteiger partial charge in [0.2, 0.25) is 0 Å². The summed E-state index contributed by atoms with van der Waals surface area (Å²) in [6.45, 7) is 7.16. The molecule has 0 saturated heterocycles. The minimum absolute atomic E-state index is 0.157. The van der Waals surface area contributed by atoms with E-state index < -0.39 is 0 Å². The van der Waals surface area contributed by atoms with Crippen molar-refractivity contribution in [1.29, 1.82) is 0 Å². The number of benzene rings is 1. The van der Waals surface area contributed by atoms with Gasteiger partial charge in [0.1, 0.15) is 17.2 Å². The third-order valence-corrected chi connectivity index (χ3v) is 6.90. The molecule has 1 unspecified atom stereocenters. The Bertz CT molecular complexity index is 1270. The number of likely N-dealkylation sites (N-methyl/N-ethyl adjacent to an activating group) is 2. The van der Waals surface area contributed by atoms with Crippen molar-refractivity contribution in [3.63, 3.8) is 0 Å². The number of pyridine rings is 1. The Labute approximate surface area is 217 Å². The van der Waals surface area contributed by atoms with Crippen LogP contribution in [0.4, 0.5) is 10.1 Å². The molecule has 1 aromatic carbocycles. The van der Waals surface area contributed by atoms with Crippen LogP contribution in [-0.4, -0.2) is 59.5 Å². The molecule has 0 radical (unpaired) electrons. The first kappa shape index (κ1) is 25.9. The van der Waals surface area contributed by atoms with Crippen LogP contribution < -0.4 is 10.2 Å². The molecule has 8 heteroatoms. The smallest absolute Gasteiger partial charge is 0.270 e. The number of hydrogen-bond donors (Lipinski definition) is 1. The van der Waals surface area contributed by atoms with Gasteiger partial charge >= 0.3 is 0 Å². The Kier molecular flexibility index (Phi) is 8.44. The molecule has 1 amide bonds. The first-order chi connectivity index (χ1) is 17.4. The minimum atomic E-state index is -0.216. The van der Waals surface area contributed by atoms with E-state index in [0.717, 1.165) is 43.0 Å². The van der Waals surface area contributed by atoms with Crippen LogP contribution in [0.15, 0.2) is 66.4 Å². The summed E-state index contributed by atoms with van der Waals surface area (Å²) in [7, 11) is 2.12. The number of aryl methyl sites for hydroxylation is 1. The molecule has 2 heterocycles. The van der Waals surface area contributed by atoms with Crippen molar-refractivity contribution in [2.24, 2.45) is 0 Å². The minimum Gasteiger partial charge on any atom is -0.371 e. The zero-order chi connectivity index (χ0) is 25.7. The normalized spacial score (nSPS) is 15.4. The van der Waals surface area contributed by atoms with Crippen LogP contribution in [-0.2, 0) is 6.42 Å². The maximum absolute atomic E-state index is 13.3. The van der Waals surface area contributed by atoms with Crippen LogP contribution in [0.2, 0.25) is 5.02 Å². The molecule has 2 aromatic heterocycles. The molecule has 3 aromatic rings. The summed E-state index contributed by atoms with van der Waals surface area (Å²) < 4.78 is 15.0. The van der Waals surface area contributed by atoms with Crippen molar-refractivity contribution in [2.45, 2.75) is 32.7 Å². The molecule has 0 aliphatic heterocycles. The number of halogens is 2. The molecule has 190 valence electrons. The molecule has 4 rings (SSSR count). The second-order valence-corrected chi connectivity index (χ2v) is 9.43. The summed E-state index contributed by atoms with van der Waals surface area (Å²) in [5.41, 5.74) is 4.12. The molecular formula is C28H33ClFN5O. The Balaban J connectivity index is 1.30. The number of hydrogen-bond acceptors (Lipinski definition) is 4. The number of carbonyl (C=O) groups is 1. The molecule has 0 fully saturated rings. The maximum atomic E-state index is 13.3. The predicted molar refractivity (Wildman–Crippen MR) is 144 cm³/mol. The standard InChI is InChI=1S/C28H33ClFN5O/c1-4-25-27(35-19-21(29)8-15-26(35)32-25)28(36)31-18-20-6-11-23(12-7-20)33(3)16-17-34(5-2)24-13-9-22(30)10-14-24/h6-11,13-15,19,23H,4-5,12,16-18H2,1-3H3,(H,31,36). The van der Waals surface area contributed by atoms with Gasteiger partial charge in [0.05, 0.1) is 10.7 Å².